The van der Waals surface area contributed by atoms with Gasteiger partial charge in [0.05, 0.1) is 11.2 Å². The minimum Gasteiger partial charge on any atom is -0.310 e. The predicted molar refractivity (Wildman–Crippen MR) is 71.3 cm³/mol. The molecule has 2 nitrogen and oxygen atoms in total. The van der Waals surface area contributed by atoms with Crippen molar-refractivity contribution in [3.63, 3.8) is 0 Å². The van der Waals surface area contributed by atoms with Gasteiger partial charge in [0, 0.05) is 17.5 Å². The number of rotatable bonds is 5. The van der Waals surface area contributed by atoms with Crippen LogP contribution >= 0.6 is 22.7 Å². The van der Waals surface area contributed by atoms with Crippen molar-refractivity contribution in [1.82, 2.24) is 10.3 Å². The van der Waals surface area contributed by atoms with E-state index in [4.69, 9.17) is 0 Å². The van der Waals surface area contributed by atoms with E-state index >= 15 is 0 Å². The van der Waals surface area contributed by atoms with Gasteiger partial charge in [-0.2, -0.15) is 11.3 Å². The van der Waals surface area contributed by atoms with E-state index in [0.717, 1.165) is 13.0 Å². The van der Waals surface area contributed by atoms with Gasteiger partial charge in [-0.3, -0.25) is 0 Å². The maximum Gasteiger partial charge on any atom is 0.0797 e. The van der Waals surface area contributed by atoms with E-state index in [1.807, 2.05) is 5.51 Å². The Bertz CT molecular complexity index is 420. The molecule has 2 rings (SSSR count). The number of nitrogens with zero attached hydrogens (tertiary/aromatic N) is 1. The highest BCUT2D eigenvalue weighted by molar-refractivity contribution is 7.09. The highest BCUT2D eigenvalue weighted by Gasteiger charge is 2.05. The number of aromatic nitrogens is 1. The molecule has 16 heavy (non-hydrogen) atoms. The third-order valence-electron chi connectivity index (χ3n) is 2.69. The van der Waals surface area contributed by atoms with Gasteiger partial charge in [-0.25, -0.2) is 4.98 Å². The van der Waals surface area contributed by atoms with Crippen LogP contribution < -0.4 is 5.32 Å². The molecule has 2 heterocycles. The van der Waals surface area contributed by atoms with Crippen molar-refractivity contribution in [2.45, 2.75) is 26.3 Å². The molecule has 0 aliphatic carbocycles. The van der Waals surface area contributed by atoms with Crippen LogP contribution in [-0.4, -0.2) is 11.5 Å². The Kier molecular flexibility index (Phi) is 4.09. The van der Waals surface area contributed by atoms with E-state index in [2.05, 4.69) is 41.0 Å². The monoisotopic (exact) mass is 252 g/mol. The van der Waals surface area contributed by atoms with Crippen LogP contribution in [0.5, 0.6) is 0 Å². The molecule has 0 amide bonds. The van der Waals surface area contributed by atoms with Crippen molar-refractivity contribution in [3.05, 3.63) is 38.5 Å². The smallest absolute Gasteiger partial charge is 0.0797 e. The summed E-state index contributed by atoms with van der Waals surface area (Å²) in [6, 6.07) is 2.62. The summed E-state index contributed by atoms with van der Waals surface area (Å²) >= 11 is 3.50. The third-order valence-corrected chi connectivity index (χ3v) is 4.39. The second kappa shape index (κ2) is 5.57. The molecule has 0 saturated heterocycles. The van der Waals surface area contributed by atoms with E-state index in [0.29, 0.717) is 6.04 Å². The van der Waals surface area contributed by atoms with Gasteiger partial charge >= 0.3 is 0 Å². The Hall–Kier alpha value is -0.710. The maximum absolute atomic E-state index is 4.26. The first-order chi connectivity index (χ1) is 7.77. The molecule has 1 atom stereocenters. The molecule has 0 radical (unpaired) electrons. The quantitative estimate of drug-likeness (QED) is 0.882. The zero-order chi connectivity index (χ0) is 11.4. The molecule has 0 aliphatic rings. The maximum atomic E-state index is 4.26. The minimum atomic E-state index is 0.444. The first kappa shape index (κ1) is 11.8. The number of aryl methyl sites for hydroxylation is 1. The molecule has 0 aliphatic heterocycles. The number of hydrogen-bond donors (Lipinski definition) is 1. The molecule has 86 valence electrons. The van der Waals surface area contributed by atoms with Crippen molar-refractivity contribution in [3.8, 4) is 0 Å². The van der Waals surface area contributed by atoms with E-state index in [9.17, 15) is 0 Å². The van der Waals surface area contributed by atoms with Gasteiger partial charge in [0.2, 0.25) is 0 Å². The van der Waals surface area contributed by atoms with Crippen LogP contribution in [0.25, 0.3) is 0 Å². The summed E-state index contributed by atoms with van der Waals surface area (Å²) < 4.78 is 0. The van der Waals surface area contributed by atoms with Gasteiger partial charge in [-0.05, 0) is 42.7 Å². The van der Waals surface area contributed by atoms with Gasteiger partial charge in [0.25, 0.3) is 0 Å². The van der Waals surface area contributed by atoms with Gasteiger partial charge < -0.3 is 5.32 Å². The van der Waals surface area contributed by atoms with Crippen LogP contribution in [0.1, 0.15) is 29.1 Å². The molecule has 0 aromatic carbocycles. The fraction of sp³-hybridized carbons (Fsp3) is 0.417. The number of thiazole rings is 1. The highest BCUT2D eigenvalue weighted by atomic mass is 32.1. The number of nitrogens with one attached hydrogen (secondary N) is 1. The lowest BCUT2D eigenvalue weighted by Crippen LogP contribution is -2.20. The van der Waals surface area contributed by atoms with Gasteiger partial charge in [-0.1, -0.05) is 0 Å². The Morgan fingerprint density at radius 3 is 3.00 bits per heavy atom. The Morgan fingerprint density at radius 2 is 2.38 bits per heavy atom. The van der Waals surface area contributed by atoms with Crippen molar-refractivity contribution in [2.75, 3.05) is 6.54 Å². The zero-order valence-corrected chi connectivity index (χ0v) is 11.2. The first-order valence-electron chi connectivity index (χ1n) is 5.42. The van der Waals surface area contributed by atoms with Crippen molar-refractivity contribution < 1.29 is 0 Å². The topological polar surface area (TPSA) is 24.9 Å². The van der Waals surface area contributed by atoms with Crippen LogP contribution in [0.4, 0.5) is 0 Å². The first-order valence-corrected chi connectivity index (χ1v) is 7.24. The zero-order valence-electron chi connectivity index (χ0n) is 9.56. The Balaban J connectivity index is 1.78. The van der Waals surface area contributed by atoms with Crippen LogP contribution in [0.3, 0.4) is 0 Å². The molecule has 1 N–H and O–H groups in total. The van der Waals surface area contributed by atoms with Gasteiger partial charge in [0.1, 0.15) is 0 Å². The Morgan fingerprint density at radius 1 is 1.50 bits per heavy atom. The third kappa shape index (κ3) is 2.90. The van der Waals surface area contributed by atoms with E-state index in [1.54, 1.807) is 22.7 Å². The van der Waals surface area contributed by atoms with Crippen molar-refractivity contribution in [1.29, 1.82) is 0 Å². The van der Waals surface area contributed by atoms with Gasteiger partial charge in [0.15, 0.2) is 0 Å². The number of hydrogen-bond acceptors (Lipinski definition) is 4. The molecule has 2 aromatic heterocycles. The van der Waals surface area contributed by atoms with Crippen LogP contribution in [0, 0.1) is 6.92 Å². The average molecular weight is 252 g/mol. The van der Waals surface area contributed by atoms with Crippen LogP contribution in [-0.2, 0) is 6.42 Å². The van der Waals surface area contributed by atoms with Crippen LogP contribution in [0.15, 0.2) is 22.3 Å². The molecular weight excluding hydrogens is 236 g/mol. The van der Waals surface area contributed by atoms with Crippen molar-refractivity contribution in [2.24, 2.45) is 0 Å². The normalized spacial score (nSPS) is 12.9. The number of thiophene rings is 1. The second-order valence-corrected chi connectivity index (χ2v) is 5.56. The summed E-state index contributed by atoms with van der Waals surface area (Å²) in [5, 5.41) is 7.87. The van der Waals surface area contributed by atoms with E-state index in [1.165, 1.54) is 16.1 Å². The summed E-state index contributed by atoms with van der Waals surface area (Å²) in [5.74, 6) is 0. The highest BCUT2D eigenvalue weighted by Crippen LogP contribution is 2.16. The lowest BCUT2D eigenvalue weighted by Gasteiger charge is -2.11. The summed E-state index contributed by atoms with van der Waals surface area (Å²) in [7, 11) is 0. The fourth-order valence-corrected chi connectivity index (χ4v) is 3.14. The molecule has 0 spiro atoms. The molecule has 2 aromatic rings. The van der Waals surface area contributed by atoms with Crippen LogP contribution in [0.2, 0.25) is 0 Å². The van der Waals surface area contributed by atoms with E-state index in [-0.39, 0.29) is 0 Å². The summed E-state index contributed by atoms with van der Waals surface area (Å²) in [4.78, 5) is 5.65. The largest absolute Gasteiger partial charge is 0.310 e. The standard InChI is InChI=1S/C12H16N2S2/c1-9(11-4-6-15-7-11)13-5-3-12-10(2)14-8-16-12/h4,6-9,13H,3,5H2,1-2H3. The molecule has 0 bridgehead atoms. The average Bonchev–Trinajstić information content (AvgIpc) is 2.90. The molecule has 0 saturated carbocycles. The SMILES string of the molecule is Cc1ncsc1CCNC(C)c1ccsc1. The minimum absolute atomic E-state index is 0.444. The van der Waals surface area contributed by atoms with E-state index < -0.39 is 0 Å². The molecule has 1 unspecified atom stereocenters. The summed E-state index contributed by atoms with van der Waals surface area (Å²) in [5.41, 5.74) is 4.48. The summed E-state index contributed by atoms with van der Waals surface area (Å²) in [6.45, 7) is 5.30. The fourth-order valence-electron chi connectivity index (χ4n) is 1.61. The lowest BCUT2D eigenvalue weighted by atomic mass is 10.2. The second-order valence-electron chi connectivity index (χ2n) is 3.84. The summed E-state index contributed by atoms with van der Waals surface area (Å²) in [6.07, 6.45) is 1.07. The molecule has 0 fully saturated rings. The van der Waals surface area contributed by atoms with Gasteiger partial charge in [-0.15, -0.1) is 11.3 Å². The lowest BCUT2D eigenvalue weighted by molar-refractivity contribution is 0.579. The van der Waals surface area contributed by atoms with Crippen molar-refractivity contribution >= 4 is 22.7 Å². The Labute approximate surface area is 104 Å². The molecule has 4 heteroatoms. The predicted octanol–water partition coefficient (Wildman–Crippen LogP) is 3.41. The molecular formula is C12H16N2S2.